The largest absolute Gasteiger partial charge is 0.309 e. The molecule has 0 amide bonds. The van der Waals surface area contributed by atoms with Gasteiger partial charge in [0.1, 0.15) is 0 Å². The number of nitrogens with zero attached hydrogens (tertiary/aromatic N) is 4. The van der Waals surface area contributed by atoms with E-state index < -0.39 is 0 Å². The summed E-state index contributed by atoms with van der Waals surface area (Å²) in [5.41, 5.74) is 12.8. The van der Waals surface area contributed by atoms with Crippen LogP contribution in [0.25, 0.3) is 169 Å². The Labute approximate surface area is 476 Å². The molecule has 5 heteroatoms. The fraction of sp³-hybridized carbons (Fsp3) is 0. The van der Waals surface area contributed by atoms with Gasteiger partial charge in [-0.15, -0.1) is 11.3 Å². The van der Waals surface area contributed by atoms with E-state index in [1.165, 1.54) is 68.8 Å². The van der Waals surface area contributed by atoms with E-state index in [0.717, 1.165) is 82.8 Å². The predicted molar refractivity (Wildman–Crippen MR) is 347 cm³/mol. The average molecular weight is 1060 g/mol. The van der Waals surface area contributed by atoms with Gasteiger partial charge in [-0.2, -0.15) is 0 Å². The summed E-state index contributed by atoms with van der Waals surface area (Å²) in [5, 5.41) is 16.5. The number of benzene rings is 14. The summed E-state index contributed by atoms with van der Waals surface area (Å²) >= 11 is 1.81. The van der Waals surface area contributed by atoms with Crippen LogP contribution in [0.1, 0.15) is 0 Å². The van der Waals surface area contributed by atoms with Crippen LogP contribution >= 0.6 is 11.3 Å². The molecule has 4 nitrogen and oxygen atoms in total. The number of rotatable bonds is 7. The minimum atomic E-state index is 0.597. The van der Waals surface area contributed by atoms with Crippen LogP contribution in [0.3, 0.4) is 0 Å². The maximum Gasteiger partial charge on any atom is 0.165 e. The summed E-state index contributed by atoms with van der Waals surface area (Å²) in [4.78, 5) is 16.8. The molecule has 0 fully saturated rings. The first-order valence-corrected chi connectivity index (χ1v) is 28.7. The highest BCUT2D eigenvalue weighted by atomic mass is 32.1. The molecule has 17 rings (SSSR count). The van der Waals surface area contributed by atoms with Gasteiger partial charge in [-0.25, -0.2) is 15.0 Å². The van der Waals surface area contributed by atoms with E-state index in [-0.39, 0.29) is 0 Å². The van der Waals surface area contributed by atoms with Gasteiger partial charge in [0.2, 0.25) is 0 Å². The zero-order valence-corrected chi connectivity index (χ0v) is 45.1. The lowest BCUT2D eigenvalue weighted by atomic mass is 9.88. The Kier molecular flexibility index (Phi) is 10.5. The van der Waals surface area contributed by atoms with E-state index in [1.807, 2.05) is 11.3 Å². The molecule has 0 atom stereocenters. The Hall–Kier alpha value is -10.6. The molecule has 0 spiro atoms. The van der Waals surface area contributed by atoms with E-state index in [9.17, 15) is 0 Å². The summed E-state index contributed by atoms with van der Waals surface area (Å²) in [5.74, 6) is 1.81. The summed E-state index contributed by atoms with van der Waals surface area (Å²) in [6.45, 7) is 0. The number of hydrogen-bond acceptors (Lipinski definition) is 4. The zero-order chi connectivity index (χ0) is 53.8. The van der Waals surface area contributed by atoms with Gasteiger partial charge in [0.05, 0.1) is 16.7 Å². The SMILES string of the molecule is c1ccc(-c2ccc3c(-c4nc(-c5ccc(-c6cccc7ccccc67)cc5)nc(-c5ccc6sc7ccccc7c6c5)n4)c(-c4cccc5ccccc45)cc(-n4c5cc6ccccc6cc5c5cc6ccccc6cc54)c3c2)cc1. The molecule has 17 aromatic rings. The van der Waals surface area contributed by atoms with Crippen molar-refractivity contribution in [3.05, 3.63) is 279 Å². The molecule has 82 heavy (non-hydrogen) atoms. The predicted octanol–water partition coefficient (Wildman–Crippen LogP) is 21.1. The third-order valence-corrected chi connectivity index (χ3v) is 17.9. The molecule has 0 radical (unpaired) electrons. The topological polar surface area (TPSA) is 43.6 Å². The van der Waals surface area contributed by atoms with E-state index >= 15 is 0 Å². The quantitative estimate of drug-likeness (QED) is 0.160. The monoisotopic (exact) mass is 1060 g/mol. The Morgan fingerprint density at radius 1 is 0.244 bits per heavy atom. The fourth-order valence-electron chi connectivity index (χ4n) is 12.8. The Balaban J connectivity index is 0.995. The summed E-state index contributed by atoms with van der Waals surface area (Å²) in [7, 11) is 0. The van der Waals surface area contributed by atoms with Crippen molar-refractivity contribution in [2.75, 3.05) is 0 Å². The molecule has 0 saturated heterocycles. The van der Waals surface area contributed by atoms with Crippen molar-refractivity contribution < 1.29 is 0 Å². The molecule has 0 saturated carbocycles. The van der Waals surface area contributed by atoms with Crippen LogP contribution in [-0.2, 0) is 0 Å². The second kappa shape index (κ2) is 18.5. The van der Waals surface area contributed by atoms with Gasteiger partial charge in [0.25, 0.3) is 0 Å². The first kappa shape index (κ1) is 46.3. The smallest absolute Gasteiger partial charge is 0.165 e. The summed E-state index contributed by atoms with van der Waals surface area (Å²) in [6, 6.07) is 102. The number of aromatic nitrogens is 4. The lowest BCUT2D eigenvalue weighted by molar-refractivity contribution is 1.08. The van der Waals surface area contributed by atoms with Gasteiger partial charge in [0, 0.05) is 53.0 Å². The minimum Gasteiger partial charge on any atom is -0.309 e. The second-order valence-electron chi connectivity index (χ2n) is 21.5. The lowest BCUT2D eigenvalue weighted by Crippen LogP contribution is -2.04. The Morgan fingerprint density at radius 3 is 1.41 bits per heavy atom. The highest BCUT2D eigenvalue weighted by Gasteiger charge is 2.25. The maximum atomic E-state index is 5.70. The molecule has 0 aliphatic carbocycles. The third-order valence-electron chi connectivity index (χ3n) is 16.8. The number of hydrogen-bond donors (Lipinski definition) is 0. The molecule has 0 bridgehead atoms. The van der Waals surface area contributed by atoms with Crippen LogP contribution in [0.5, 0.6) is 0 Å². The van der Waals surface area contributed by atoms with Crippen molar-refractivity contribution in [1.82, 2.24) is 19.5 Å². The molecule has 0 aliphatic heterocycles. The van der Waals surface area contributed by atoms with Crippen molar-refractivity contribution >= 4 is 107 Å². The molecule has 0 N–H and O–H groups in total. The minimum absolute atomic E-state index is 0.597. The molecule has 14 aromatic carbocycles. The van der Waals surface area contributed by atoms with Crippen LogP contribution in [0.2, 0.25) is 0 Å². The standard InChI is InChI=1S/C77H46N4S/c1-2-16-47(17-3-1)56-36-38-63-64(42-56)71(81-69-44-54-22-6-4-20-52(54)40-65(69)66-41-53-21-5-7-23-55(53)45-70(66)81)46-68(61-30-15-25-49-19-9-11-27-60(49)61)74(63)77-79-75(51-34-32-50(33-35-51)59-29-14-24-48-18-8-10-26-58(48)59)78-76(80-77)57-37-39-73-67(43-57)62-28-12-13-31-72(62)82-73/h1-46H. The number of thiophene rings is 1. The van der Waals surface area contributed by atoms with Gasteiger partial charge in [-0.3, -0.25) is 0 Å². The lowest BCUT2D eigenvalue weighted by Gasteiger charge is -2.21. The van der Waals surface area contributed by atoms with Gasteiger partial charge < -0.3 is 4.57 Å². The van der Waals surface area contributed by atoms with E-state index in [1.54, 1.807) is 0 Å². The van der Waals surface area contributed by atoms with Crippen molar-refractivity contribution in [2.45, 2.75) is 0 Å². The van der Waals surface area contributed by atoms with E-state index in [4.69, 9.17) is 15.0 Å². The molecular formula is C77H46N4S. The van der Waals surface area contributed by atoms with E-state index in [0.29, 0.717) is 17.5 Å². The summed E-state index contributed by atoms with van der Waals surface area (Å²) < 4.78 is 5.01. The molecule has 3 aromatic heterocycles. The van der Waals surface area contributed by atoms with Crippen LogP contribution in [0, 0.1) is 0 Å². The number of fused-ring (bicyclic) bond motifs is 11. The van der Waals surface area contributed by atoms with Gasteiger partial charge in [-0.05, 0) is 143 Å². The van der Waals surface area contributed by atoms with Crippen LogP contribution in [0.4, 0.5) is 0 Å². The summed E-state index contributed by atoms with van der Waals surface area (Å²) in [6.07, 6.45) is 0. The molecule has 380 valence electrons. The van der Waals surface area contributed by atoms with Gasteiger partial charge in [0.15, 0.2) is 17.5 Å². The maximum absolute atomic E-state index is 5.70. The van der Waals surface area contributed by atoms with Crippen molar-refractivity contribution in [3.63, 3.8) is 0 Å². The van der Waals surface area contributed by atoms with Crippen molar-refractivity contribution in [1.29, 1.82) is 0 Å². The van der Waals surface area contributed by atoms with Crippen LogP contribution in [-0.4, -0.2) is 19.5 Å². The first-order chi connectivity index (χ1) is 40.6. The third kappa shape index (κ3) is 7.48. The van der Waals surface area contributed by atoms with Crippen molar-refractivity contribution in [2.24, 2.45) is 0 Å². The highest BCUT2D eigenvalue weighted by molar-refractivity contribution is 7.25. The second-order valence-corrected chi connectivity index (χ2v) is 22.5. The molecule has 3 heterocycles. The molecular weight excluding hydrogens is 1010 g/mol. The Morgan fingerprint density at radius 2 is 0.732 bits per heavy atom. The zero-order valence-electron chi connectivity index (χ0n) is 44.3. The molecule has 0 unspecified atom stereocenters. The fourth-order valence-corrected chi connectivity index (χ4v) is 13.9. The molecule has 0 aliphatic rings. The van der Waals surface area contributed by atoms with Gasteiger partial charge in [-0.1, -0.05) is 218 Å². The Bertz CT molecular complexity index is 5360. The van der Waals surface area contributed by atoms with E-state index in [2.05, 4.69) is 284 Å². The first-order valence-electron chi connectivity index (χ1n) is 27.9. The normalized spacial score (nSPS) is 11.9. The van der Waals surface area contributed by atoms with Crippen LogP contribution in [0.15, 0.2) is 279 Å². The van der Waals surface area contributed by atoms with Crippen molar-refractivity contribution in [3.8, 4) is 73.2 Å². The average Bonchev–Trinajstić information content (AvgIpc) is 4.23. The van der Waals surface area contributed by atoms with Crippen LogP contribution < -0.4 is 0 Å². The highest BCUT2D eigenvalue weighted by Crippen LogP contribution is 2.47. The van der Waals surface area contributed by atoms with Gasteiger partial charge >= 0.3 is 0 Å².